The van der Waals surface area contributed by atoms with Crippen LogP contribution in [0.3, 0.4) is 0 Å². The minimum Gasteiger partial charge on any atom is -0.462 e. The highest BCUT2D eigenvalue weighted by Gasteiger charge is 2.30. The van der Waals surface area contributed by atoms with Gasteiger partial charge in [0.05, 0.1) is 26.4 Å². The number of aliphatic hydroxyl groups excluding tert-OH is 1. The first-order chi connectivity index (χ1) is 47.6. The van der Waals surface area contributed by atoms with Crippen molar-refractivity contribution in [3.05, 3.63) is 0 Å². The molecule has 0 saturated carbocycles. The quantitative estimate of drug-likeness (QED) is 0.0222. The van der Waals surface area contributed by atoms with Crippen molar-refractivity contribution in [1.29, 1.82) is 0 Å². The molecule has 0 aliphatic heterocycles. The van der Waals surface area contributed by atoms with Gasteiger partial charge in [-0.25, -0.2) is 9.13 Å². The predicted octanol–water partition coefficient (Wildman–Crippen LogP) is 23.6. The number of phosphoric acid groups is 2. The van der Waals surface area contributed by atoms with Crippen LogP contribution in [0.4, 0.5) is 0 Å². The minimum absolute atomic E-state index is 0.103. The molecule has 0 saturated heterocycles. The van der Waals surface area contributed by atoms with E-state index in [1.807, 2.05) is 0 Å². The molecule has 0 bridgehead atoms. The van der Waals surface area contributed by atoms with Crippen molar-refractivity contribution >= 4 is 39.5 Å². The Morgan fingerprint density at radius 1 is 0.283 bits per heavy atom. The van der Waals surface area contributed by atoms with E-state index in [2.05, 4.69) is 55.4 Å². The van der Waals surface area contributed by atoms with Gasteiger partial charge >= 0.3 is 39.5 Å². The molecule has 0 heterocycles. The molecule has 0 rings (SSSR count). The Kier molecular flexibility index (Phi) is 67.8. The van der Waals surface area contributed by atoms with Crippen molar-refractivity contribution in [3.8, 4) is 0 Å². The van der Waals surface area contributed by atoms with Gasteiger partial charge in [-0.15, -0.1) is 0 Å². The van der Waals surface area contributed by atoms with E-state index in [-0.39, 0.29) is 25.7 Å². The fraction of sp³-hybridized carbons (Fsp3) is 0.950. The monoisotopic (exact) mass is 1450 g/mol. The van der Waals surface area contributed by atoms with Crippen LogP contribution in [-0.2, 0) is 65.4 Å². The summed E-state index contributed by atoms with van der Waals surface area (Å²) in [5.41, 5.74) is 0. The van der Waals surface area contributed by atoms with Crippen LogP contribution in [0.1, 0.15) is 409 Å². The highest BCUT2D eigenvalue weighted by Crippen LogP contribution is 2.45. The van der Waals surface area contributed by atoms with Crippen molar-refractivity contribution in [2.45, 2.75) is 427 Å². The summed E-state index contributed by atoms with van der Waals surface area (Å²) in [7, 11) is -9.92. The molecule has 3 unspecified atom stereocenters. The maximum absolute atomic E-state index is 13.1. The average molecular weight is 1450 g/mol. The van der Waals surface area contributed by atoms with Crippen LogP contribution in [0.2, 0.25) is 0 Å². The molecule has 0 aromatic heterocycles. The van der Waals surface area contributed by atoms with E-state index in [4.69, 9.17) is 37.0 Å². The standard InChI is InChI=1S/C80H156O17P2/c1-9-73(8)59-51-43-38-39-45-53-61-78(83)91-67-76(97-80(85)63-55-47-37-31-30-34-42-50-58-72(6)7)69-95-99(88,89)93-65-74(81)64-92-98(86,87)94-68-75(96-79(84)62-54-46-36-29-25-21-17-16-19-23-27-33-41-49-57-71(4)5)66-90-77(82)60-52-44-35-28-24-20-15-13-11-10-12-14-18-22-26-32-40-48-56-70(2)3/h70-76,81H,9-69H2,1-8H3,(H,86,87)(H,88,89)/t73?,74-,75-,76-/m1/s1. The number of unbranched alkanes of at least 4 members (excludes halogenated alkanes) is 42. The second-order valence-electron chi connectivity index (χ2n) is 30.5. The zero-order chi connectivity index (χ0) is 73.1. The Balaban J connectivity index is 5.20. The number of hydrogen-bond acceptors (Lipinski definition) is 15. The Morgan fingerprint density at radius 3 is 0.717 bits per heavy atom. The predicted molar refractivity (Wildman–Crippen MR) is 404 cm³/mol. The summed E-state index contributed by atoms with van der Waals surface area (Å²) in [6.07, 6.45) is 55.7. The molecule has 0 aliphatic carbocycles. The van der Waals surface area contributed by atoms with Crippen molar-refractivity contribution in [1.82, 2.24) is 0 Å². The number of phosphoric ester groups is 2. The molecule has 0 aromatic carbocycles. The van der Waals surface area contributed by atoms with E-state index in [0.29, 0.717) is 25.7 Å². The van der Waals surface area contributed by atoms with Gasteiger partial charge in [0.2, 0.25) is 0 Å². The lowest BCUT2D eigenvalue weighted by Crippen LogP contribution is -2.30. The lowest BCUT2D eigenvalue weighted by Gasteiger charge is -2.21. The summed E-state index contributed by atoms with van der Waals surface area (Å²) in [5, 5.41) is 10.6. The van der Waals surface area contributed by atoms with Crippen LogP contribution >= 0.6 is 15.6 Å². The van der Waals surface area contributed by atoms with Crippen LogP contribution in [-0.4, -0.2) is 96.7 Å². The van der Waals surface area contributed by atoms with Gasteiger partial charge in [0, 0.05) is 25.7 Å². The maximum atomic E-state index is 13.1. The van der Waals surface area contributed by atoms with Crippen molar-refractivity contribution < 1.29 is 80.2 Å². The molecule has 3 N–H and O–H groups in total. The summed E-state index contributed by atoms with van der Waals surface area (Å²) in [4.78, 5) is 72.9. The Morgan fingerprint density at radius 2 is 0.485 bits per heavy atom. The molecule has 588 valence electrons. The molecule has 0 aromatic rings. The van der Waals surface area contributed by atoms with E-state index in [0.717, 1.165) is 120 Å². The molecule has 17 nitrogen and oxygen atoms in total. The lowest BCUT2D eigenvalue weighted by atomic mass is 10.00. The number of esters is 4. The molecule has 6 atom stereocenters. The topological polar surface area (TPSA) is 237 Å². The van der Waals surface area contributed by atoms with Crippen LogP contribution in [0.25, 0.3) is 0 Å². The maximum Gasteiger partial charge on any atom is 0.472 e. The number of carbonyl (C=O) groups excluding carboxylic acids is 4. The van der Waals surface area contributed by atoms with E-state index < -0.39 is 97.5 Å². The summed E-state index contributed by atoms with van der Waals surface area (Å²) in [5.74, 6) is 0.948. The Labute approximate surface area is 607 Å². The molecule has 19 heteroatoms. The first-order valence-corrected chi connectivity index (χ1v) is 44.2. The molecular formula is C80H156O17P2. The largest absolute Gasteiger partial charge is 0.472 e. The summed E-state index contributed by atoms with van der Waals surface area (Å²) < 4.78 is 68.6. The highest BCUT2D eigenvalue weighted by molar-refractivity contribution is 7.47. The zero-order valence-corrected chi connectivity index (χ0v) is 66.9. The summed E-state index contributed by atoms with van der Waals surface area (Å²) >= 11 is 0. The highest BCUT2D eigenvalue weighted by atomic mass is 31.2. The molecule has 0 fully saturated rings. The third kappa shape index (κ3) is 72.8. The van der Waals surface area contributed by atoms with Crippen LogP contribution in [0.5, 0.6) is 0 Å². The first-order valence-electron chi connectivity index (χ1n) is 41.2. The average Bonchev–Trinajstić information content (AvgIpc) is 1.36. The number of ether oxygens (including phenoxy) is 4. The number of hydrogen-bond donors (Lipinski definition) is 3. The fourth-order valence-corrected chi connectivity index (χ4v) is 13.8. The number of carbonyl (C=O) groups is 4. The fourth-order valence-electron chi connectivity index (χ4n) is 12.2. The van der Waals surface area contributed by atoms with Crippen molar-refractivity contribution in [2.75, 3.05) is 39.6 Å². The minimum atomic E-state index is -4.96. The van der Waals surface area contributed by atoms with Crippen molar-refractivity contribution in [3.63, 3.8) is 0 Å². The molecule has 0 amide bonds. The van der Waals surface area contributed by atoms with Crippen LogP contribution in [0.15, 0.2) is 0 Å². The lowest BCUT2D eigenvalue weighted by molar-refractivity contribution is -0.161. The van der Waals surface area contributed by atoms with Gasteiger partial charge in [0.1, 0.15) is 19.3 Å². The summed E-state index contributed by atoms with van der Waals surface area (Å²) in [6.45, 7) is 14.2. The molecule has 99 heavy (non-hydrogen) atoms. The van der Waals surface area contributed by atoms with Crippen LogP contribution in [0, 0.1) is 23.7 Å². The van der Waals surface area contributed by atoms with Gasteiger partial charge in [0.25, 0.3) is 0 Å². The third-order valence-corrected chi connectivity index (χ3v) is 20.8. The Bertz CT molecular complexity index is 1940. The van der Waals surface area contributed by atoms with E-state index in [1.54, 1.807) is 0 Å². The van der Waals surface area contributed by atoms with E-state index >= 15 is 0 Å². The number of aliphatic hydroxyl groups is 1. The third-order valence-electron chi connectivity index (χ3n) is 18.9. The smallest absolute Gasteiger partial charge is 0.462 e. The van der Waals surface area contributed by atoms with Crippen LogP contribution < -0.4 is 0 Å². The van der Waals surface area contributed by atoms with Gasteiger partial charge in [0.15, 0.2) is 12.2 Å². The molecule has 0 aliphatic rings. The van der Waals surface area contributed by atoms with Crippen molar-refractivity contribution in [2.24, 2.45) is 23.7 Å². The first kappa shape index (κ1) is 97.1. The van der Waals surface area contributed by atoms with Gasteiger partial charge in [-0.2, -0.15) is 0 Å². The Hall–Kier alpha value is -1.94. The molecular weight excluding hydrogens is 1290 g/mol. The zero-order valence-electron chi connectivity index (χ0n) is 65.1. The molecule has 0 radical (unpaired) electrons. The second kappa shape index (κ2) is 69.1. The van der Waals surface area contributed by atoms with Gasteiger partial charge in [-0.1, -0.05) is 357 Å². The van der Waals surface area contributed by atoms with Gasteiger partial charge < -0.3 is 33.8 Å². The second-order valence-corrected chi connectivity index (χ2v) is 33.4. The summed E-state index contributed by atoms with van der Waals surface area (Å²) in [6, 6.07) is 0. The molecule has 0 spiro atoms. The van der Waals surface area contributed by atoms with Gasteiger partial charge in [-0.3, -0.25) is 37.3 Å². The number of rotatable bonds is 77. The van der Waals surface area contributed by atoms with E-state index in [9.17, 15) is 43.2 Å². The van der Waals surface area contributed by atoms with Gasteiger partial charge in [-0.05, 0) is 49.4 Å². The SMILES string of the molecule is CCC(C)CCCCCCCCC(=O)OC[C@H](COP(=O)(O)OC[C@H](O)COP(=O)(O)OC[C@@H](COC(=O)CCCCCCCCCCCCCCCCCCCCC(C)C)OC(=O)CCCCCCCCCCCCCCCCC(C)C)OC(=O)CCCCCCCCCCC(C)C. The van der Waals surface area contributed by atoms with E-state index in [1.165, 1.54) is 205 Å². The normalized spacial score (nSPS) is 14.3.